The van der Waals surface area contributed by atoms with Gasteiger partial charge in [-0.3, -0.25) is 4.79 Å². The third kappa shape index (κ3) is 44.0. The fourth-order valence-electron chi connectivity index (χ4n) is 9.53. The molecule has 0 aliphatic carbocycles. The highest BCUT2D eigenvalue weighted by Gasteiger charge is 2.44. The van der Waals surface area contributed by atoms with Crippen LogP contribution in [0.15, 0.2) is 85.1 Å². The number of hydrogen-bond donors (Lipinski definition) is 6. The fourth-order valence-corrected chi connectivity index (χ4v) is 9.53. The van der Waals surface area contributed by atoms with E-state index in [0.29, 0.717) is 6.42 Å². The van der Waals surface area contributed by atoms with Gasteiger partial charge in [0, 0.05) is 6.42 Å². The van der Waals surface area contributed by atoms with Crippen molar-refractivity contribution in [1.82, 2.24) is 5.32 Å². The first-order valence-electron chi connectivity index (χ1n) is 31.3. The number of carbonyl (C=O) groups excluding carboxylic acids is 1. The average Bonchev–Trinajstić information content (AvgIpc) is 3.41. The molecular weight excluding hydrogens is 935 g/mol. The lowest BCUT2D eigenvalue weighted by atomic mass is 9.99. The summed E-state index contributed by atoms with van der Waals surface area (Å²) in [6.07, 6.45) is 71.2. The SMILES string of the molecule is CC/C=C\C/C=C\C/C=C\C/C=C\CCCCCCCCCCCCCCCCCCCCCCCCCCCCC(=O)NC(COC1OC(CO)C(O)C(O)C1O)C(O)/C=C/CC/C=C/CC/C=C/CCCCC. The smallest absolute Gasteiger partial charge is 0.220 e. The molecule has 0 radical (unpaired) electrons. The van der Waals surface area contributed by atoms with Gasteiger partial charge in [-0.25, -0.2) is 0 Å². The van der Waals surface area contributed by atoms with Gasteiger partial charge in [0.15, 0.2) is 6.29 Å². The van der Waals surface area contributed by atoms with Crippen LogP contribution in [0.3, 0.4) is 0 Å². The highest BCUT2D eigenvalue weighted by molar-refractivity contribution is 5.76. The van der Waals surface area contributed by atoms with Crippen LogP contribution in [0.1, 0.15) is 271 Å². The number of aliphatic hydroxyl groups is 5. The molecule has 6 N–H and O–H groups in total. The summed E-state index contributed by atoms with van der Waals surface area (Å²) in [5.74, 6) is -0.190. The minimum absolute atomic E-state index is 0.190. The Labute approximate surface area is 461 Å². The second kappa shape index (κ2) is 54.7. The number of unbranched alkanes of at least 4 members (excludes halogenated alkanes) is 31. The molecule has 1 aliphatic rings. The molecule has 0 aromatic carbocycles. The van der Waals surface area contributed by atoms with Gasteiger partial charge in [-0.05, 0) is 83.5 Å². The van der Waals surface area contributed by atoms with E-state index in [-0.39, 0.29) is 12.5 Å². The lowest BCUT2D eigenvalue weighted by Gasteiger charge is -2.40. The van der Waals surface area contributed by atoms with E-state index in [1.165, 1.54) is 173 Å². The number of rotatable bonds is 53. The molecule has 0 bridgehead atoms. The minimum atomic E-state index is -1.58. The van der Waals surface area contributed by atoms with Gasteiger partial charge in [-0.15, -0.1) is 0 Å². The van der Waals surface area contributed by atoms with Crippen LogP contribution >= 0.6 is 0 Å². The van der Waals surface area contributed by atoms with Crippen molar-refractivity contribution in [1.29, 1.82) is 0 Å². The van der Waals surface area contributed by atoms with E-state index in [1.54, 1.807) is 6.08 Å². The minimum Gasteiger partial charge on any atom is -0.394 e. The molecule has 9 heteroatoms. The molecule has 7 unspecified atom stereocenters. The van der Waals surface area contributed by atoms with Crippen LogP contribution in [0.4, 0.5) is 0 Å². The molecule has 1 amide bonds. The molecule has 0 saturated carbocycles. The van der Waals surface area contributed by atoms with Crippen LogP contribution in [-0.4, -0.2) is 87.5 Å². The van der Waals surface area contributed by atoms with Gasteiger partial charge < -0.3 is 40.3 Å². The van der Waals surface area contributed by atoms with E-state index < -0.39 is 49.5 Å². The molecule has 9 nitrogen and oxygen atoms in total. The summed E-state index contributed by atoms with van der Waals surface area (Å²) in [7, 11) is 0. The summed E-state index contributed by atoms with van der Waals surface area (Å²) in [5.41, 5.74) is 0. The van der Waals surface area contributed by atoms with Gasteiger partial charge in [-0.2, -0.15) is 0 Å². The molecule has 1 aliphatic heterocycles. The standard InChI is InChI=1S/C66H117NO8/c1-3-5-7-9-11-13-15-17-18-19-20-21-22-23-24-25-26-27-28-29-30-31-32-33-34-35-36-37-38-39-40-41-42-44-46-48-50-52-54-56-62(70)67-59(58-74-66-65(73)64(72)63(71)61(57-68)75-66)60(69)55-53-51-49-47-45-43-16-14-12-10-8-6-4-2/h5,7,11-14,17-18,20-21,45,47,53,55,59-61,63-66,68-69,71-73H,3-4,6,8-10,15-16,19,22-44,46,48-52,54,56-58H2,1-2H3,(H,67,70)/b7-5-,13-11-,14-12+,18-17-,21-20-,47-45+,55-53+. The van der Waals surface area contributed by atoms with Crippen molar-refractivity contribution in [3.63, 3.8) is 0 Å². The molecule has 0 aromatic heterocycles. The lowest BCUT2D eigenvalue weighted by Crippen LogP contribution is -2.60. The number of allylic oxidation sites excluding steroid dienone is 13. The maximum absolute atomic E-state index is 13.0. The van der Waals surface area contributed by atoms with E-state index in [2.05, 4.69) is 92.1 Å². The molecule has 0 aromatic rings. The first-order valence-corrected chi connectivity index (χ1v) is 31.3. The summed E-state index contributed by atoms with van der Waals surface area (Å²) in [5, 5.41) is 54.4. The van der Waals surface area contributed by atoms with E-state index >= 15 is 0 Å². The Morgan fingerprint density at radius 3 is 1.28 bits per heavy atom. The Morgan fingerprint density at radius 2 is 0.840 bits per heavy atom. The first kappa shape index (κ1) is 70.4. The quantitative estimate of drug-likeness (QED) is 0.0261. The average molecular weight is 1050 g/mol. The van der Waals surface area contributed by atoms with Gasteiger partial charge in [0.2, 0.25) is 5.91 Å². The number of hydrogen-bond acceptors (Lipinski definition) is 8. The van der Waals surface area contributed by atoms with Crippen molar-refractivity contribution in [3.8, 4) is 0 Å². The van der Waals surface area contributed by atoms with E-state index in [0.717, 1.165) is 77.0 Å². The molecule has 1 saturated heterocycles. The van der Waals surface area contributed by atoms with Crippen LogP contribution in [-0.2, 0) is 14.3 Å². The molecule has 434 valence electrons. The molecule has 1 heterocycles. The summed E-state index contributed by atoms with van der Waals surface area (Å²) in [4.78, 5) is 13.0. The van der Waals surface area contributed by atoms with Gasteiger partial charge in [-0.1, -0.05) is 266 Å². The maximum Gasteiger partial charge on any atom is 0.220 e. The van der Waals surface area contributed by atoms with Crippen molar-refractivity contribution in [3.05, 3.63) is 85.1 Å². The van der Waals surface area contributed by atoms with Crippen LogP contribution in [0, 0.1) is 0 Å². The topological polar surface area (TPSA) is 149 Å². The zero-order chi connectivity index (χ0) is 54.3. The zero-order valence-corrected chi connectivity index (χ0v) is 48.3. The fraction of sp³-hybridized carbons (Fsp3) is 0.773. The predicted octanol–water partition coefficient (Wildman–Crippen LogP) is 16.2. The third-order valence-corrected chi connectivity index (χ3v) is 14.4. The monoisotopic (exact) mass is 1050 g/mol. The van der Waals surface area contributed by atoms with Gasteiger partial charge in [0.1, 0.15) is 24.4 Å². The van der Waals surface area contributed by atoms with E-state index in [9.17, 15) is 30.3 Å². The Hall–Kier alpha value is -2.63. The number of aliphatic hydroxyl groups excluding tert-OH is 5. The summed E-state index contributed by atoms with van der Waals surface area (Å²) >= 11 is 0. The molecule has 0 spiro atoms. The number of ether oxygens (including phenoxy) is 2. The zero-order valence-electron chi connectivity index (χ0n) is 48.3. The Bertz CT molecular complexity index is 1450. The molecule has 1 rings (SSSR count). The van der Waals surface area contributed by atoms with Crippen molar-refractivity contribution in [2.45, 2.75) is 314 Å². The maximum atomic E-state index is 13.0. The highest BCUT2D eigenvalue weighted by Crippen LogP contribution is 2.23. The van der Waals surface area contributed by atoms with Gasteiger partial charge in [0.05, 0.1) is 25.4 Å². The van der Waals surface area contributed by atoms with Gasteiger partial charge in [0.25, 0.3) is 0 Å². The number of nitrogens with one attached hydrogen (secondary N) is 1. The Balaban J connectivity index is 2.05. The number of amides is 1. The number of carbonyl (C=O) groups is 1. The second-order valence-electron chi connectivity index (χ2n) is 21.4. The lowest BCUT2D eigenvalue weighted by molar-refractivity contribution is -0.302. The van der Waals surface area contributed by atoms with Crippen LogP contribution < -0.4 is 5.32 Å². The van der Waals surface area contributed by atoms with Crippen molar-refractivity contribution < 1.29 is 39.8 Å². The van der Waals surface area contributed by atoms with Crippen LogP contribution in [0.5, 0.6) is 0 Å². The van der Waals surface area contributed by atoms with Crippen molar-refractivity contribution in [2.75, 3.05) is 13.2 Å². The highest BCUT2D eigenvalue weighted by atomic mass is 16.7. The van der Waals surface area contributed by atoms with E-state index in [4.69, 9.17) is 9.47 Å². The molecule has 75 heavy (non-hydrogen) atoms. The van der Waals surface area contributed by atoms with Crippen molar-refractivity contribution in [2.24, 2.45) is 0 Å². The van der Waals surface area contributed by atoms with Crippen LogP contribution in [0.25, 0.3) is 0 Å². The Morgan fingerprint density at radius 1 is 0.467 bits per heavy atom. The largest absolute Gasteiger partial charge is 0.394 e. The molecule has 1 fully saturated rings. The summed E-state index contributed by atoms with van der Waals surface area (Å²) in [6.45, 7) is 3.61. The summed E-state index contributed by atoms with van der Waals surface area (Å²) in [6, 6.07) is -0.829. The van der Waals surface area contributed by atoms with Crippen LogP contribution in [0.2, 0.25) is 0 Å². The third-order valence-electron chi connectivity index (χ3n) is 14.4. The second-order valence-corrected chi connectivity index (χ2v) is 21.4. The first-order chi connectivity index (χ1) is 36.8. The van der Waals surface area contributed by atoms with Crippen molar-refractivity contribution >= 4 is 5.91 Å². The summed E-state index contributed by atoms with van der Waals surface area (Å²) < 4.78 is 11.2. The normalized spacial score (nSPS) is 19.5. The van der Waals surface area contributed by atoms with Gasteiger partial charge >= 0.3 is 0 Å². The Kier molecular flexibility index (Phi) is 51.3. The van der Waals surface area contributed by atoms with E-state index in [1.807, 2.05) is 6.08 Å². The molecule has 7 atom stereocenters. The predicted molar refractivity (Wildman–Crippen MR) is 318 cm³/mol. The molecular formula is C66H117NO8.